The van der Waals surface area contributed by atoms with Gasteiger partial charge in [0.1, 0.15) is 0 Å². The van der Waals surface area contributed by atoms with Gasteiger partial charge in [0, 0.05) is 62.6 Å². The van der Waals surface area contributed by atoms with Crippen LogP contribution in [0.3, 0.4) is 0 Å². The Bertz CT molecular complexity index is 1330. The minimum absolute atomic E-state index is 0.000738. The summed E-state index contributed by atoms with van der Waals surface area (Å²) >= 11 is 0. The van der Waals surface area contributed by atoms with Crippen molar-refractivity contribution < 1.29 is 9.59 Å². The third kappa shape index (κ3) is 5.09. The zero-order chi connectivity index (χ0) is 24.2. The van der Waals surface area contributed by atoms with Crippen LogP contribution in [0.15, 0.2) is 79.3 Å². The van der Waals surface area contributed by atoms with E-state index in [-0.39, 0.29) is 17.7 Å². The van der Waals surface area contributed by atoms with Crippen molar-refractivity contribution in [1.29, 1.82) is 0 Å². The molecule has 0 radical (unpaired) electrons. The molecule has 0 unspecified atom stereocenters. The van der Waals surface area contributed by atoms with Gasteiger partial charge in [-0.15, -0.1) is 0 Å². The minimum atomic E-state index is -0.000738. The third-order valence-corrected chi connectivity index (χ3v) is 6.69. The van der Waals surface area contributed by atoms with Gasteiger partial charge in [0.25, 0.3) is 5.91 Å². The maximum atomic E-state index is 13.8. The highest BCUT2D eigenvalue weighted by Gasteiger charge is 2.29. The first-order valence-electron chi connectivity index (χ1n) is 12.0. The topological polar surface area (TPSA) is 71.3 Å². The van der Waals surface area contributed by atoms with E-state index < -0.39 is 0 Å². The summed E-state index contributed by atoms with van der Waals surface area (Å²) in [5, 5.41) is 5.39. The van der Waals surface area contributed by atoms with Gasteiger partial charge in [0.15, 0.2) is 0 Å². The van der Waals surface area contributed by atoms with Crippen LogP contribution < -0.4 is 0 Å². The highest BCUT2D eigenvalue weighted by molar-refractivity contribution is 5.95. The van der Waals surface area contributed by atoms with Gasteiger partial charge in [-0.3, -0.25) is 19.3 Å². The molecule has 0 bridgehead atoms. The summed E-state index contributed by atoms with van der Waals surface area (Å²) in [6.45, 7) is 4.39. The molecule has 2 aromatic carbocycles. The third-order valence-electron chi connectivity index (χ3n) is 6.69. The van der Waals surface area contributed by atoms with Crippen LogP contribution in [0.4, 0.5) is 0 Å². The number of carbonyl (C=O) groups excluding carboxylic acids is 2. The number of pyridine rings is 1. The highest BCUT2D eigenvalue weighted by atomic mass is 16.2. The fourth-order valence-electron chi connectivity index (χ4n) is 4.95. The second kappa shape index (κ2) is 10.1. The van der Waals surface area contributed by atoms with Crippen molar-refractivity contribution in [3.8, 4) is 0 Å². The molecule has 1 aliphatic rings. The van der Waals surface area contributed by atoms with Crippen molar-refractivity contribution in [3.63, 3.8) is 0 Å². The normalized spacial score (nSPS) is 16.3. The average molecular weight is 468 g/mol. The molecular weight excluding hydrogens is 438 g/mol. The van der Waals surface area contributed by atoms with Crippen molar-refractivity contribution in [2.24, 2.45) is 5.92 Å². The number of amides is 2. The zero-order valence-corrected chi connectivity index (χ0v) is 19.9. The van der Waals surface area contributed by atoms with Crippen molar-refractivity contribution in [2.75, 3.05) is 26.2 Å². The number of benzene rings is 2. The molecule has 7 nitrogen and oxygen atoms in total. The lowest BCUT2D eigenvalue weighted by Crippen LogP contribution is -2.37. The first kappa shape index (κ1) is 22.8. The van der Waals surface area contributed by atoms with E-state index >= 15 is 0 Å². The SMILES string of the molecule is CC(=O)N1CCN(C(=O)c2ccccc2Cn2cccn2)C[C@H](Cc2cccc3cccnc23)C1. The molecule has 1 fully saturated rings. The Morgan fingerprint density at radius 3 is 2.49 bits per heavy atom. The number of aromatic nitrogens is 3. The Labute approximate surface area is 205 Å². The molecule has 2 amide bonds. The van der Waals surface area contributed by atoms with E-state index in [2.05, 4.69) is 28.3 Å². The monoisotopic (exact) mass is 467 g/mol. The second-order valence-corrected chi connectivity index (χ2v) is 9.14. The summed E-state index contributed by atoms with van der Waals surface area (Å²) < 4.78 is 1.82. The number of hydrogen-bond acceptors (Lipinski definition) is 4. The molecule has 1 saturated heterocycles. The molecule has 1 atom stereocenters. The second-order valence-electron chi connectivity index (χ2n) is 9.14. The lowest BCUT2D eigenvalue weighted by molar-refractivity contribution is -0.129. The van der Waals surface area contributed by atoms with Crippen molar-refractivity contribution >= 4 is 22.7 Å². The molecule has 1 aliphatic heterocycles. The van der Waals surface area contributed by atoms with Crippen LogP contribution in [0.25, 0.3) is 10.9 Å². The Hall–Kier alpha value is -4.00. The molecule has 0 N–H and O–H groups in total. The Kier molecular flexibility index (Phi) is 6.57. The quantitative estimate of drug-likeness (QED) is 0.449. The predicted octanol–water partition coefficient (Wildman–Crippen LogP) is 3.64. The molecular formula is C28H29N5O2. The summed E-state index contributed by atoms with van der Waals surface area (Å²) in [4.78, 5) is 34.5. The van der Waals surface area contributed by atoms with E-state index in [9.17, 15) is 9.59 Å². The van der Waals surface area contributed by atoms with Gasteiger partial charge < -0.3 is 9.80 Å². The molecule has 0 saturated carbocycles. The minimum Gasteiger partial charge on any atom is -0.341 e. The summed E-state index contributed by atoms with van der Waals surface area (Å²) in [7, 11) is 0. The molecule has 178 valence electrons. The van der Waals surface area contributed by atoms with Crippen molar-refractivity contribution in [1.82, 2.24) is 24.6 Å². The summed E-state index contributed by atoms with van der Waals surface area (Å²) in [5.74, 6) is 0.148. The summed E-state index contributed by atoms with van der Waals surface area (Å²) in [6.07, 6.45) is 6.19. The fourth-order valence-corrected chi connectivity index (χ4v) is 4.95. The molecule has 35 heavy (non-hydrogen) atoms. The number of nitrogens with zero attached hydrogens (tertiary/aromatic N) is 5. The van der Waals surface area contributed by atoms with E-state index in [1.165, 1.54) is 0 Å². The molecule has 3 heterocycles. The van der Waals surface area contributed by atoms with Crippen LogP contribution in [0, 0.1) is 5.92 Å². The maximum Gasteiger partial charge on any atom is 0.254 e. The van der Waals surface area contributed by atoms with Gasteiger partial charge in [-0.05, 0) is 41.7 Å². The number of fused-ring (bicyclic) bond motifs is 1. The lowest BCUT2D eigenvalue weighted by atomic mass is 9.96. The van der Waals surface area contributed by atoms with E-state index in [0.29, 0.717) is 38.3 Å². The van der Waals surface area contributed by atoms with Gasteiger partial charge in [0.05, 0.1) is 12.1 Å². The van der Waals surface area contributed by atoms with E-state index in [1.54, 1.807) is 13.1 Å². The largest absolute Gasteiger partial charge is 0.341 e. The molecule has 4 aromatic rings. The molecule has 2 aromatic heterocycles. The Morgan fingerprint density at radius 2 is 1.66 bits per heavy atom. The Balaban J connectivity index is 1.42. The fraction of sp³-hybridized carbons (Fsp3) is 0.286. The predicted molar refractivity (Wildman–Crippen MR) is 135 cm³/mol. The van der Waals surface area contributed by atoms with Gasteiger partial charge >= 0.3 is 0 Å². The highest BCUT2D eigenvalue weighted by Crippen LogP contribution is 2.23. The molecule has 0 spiro atoms. The molecule has 0 aliphatic carbocycles. The van der Waals surface area contributed by atoms with Crippen LogP contribution in [0.5, 0.6) is 0 Å². The van der Waals surface area contributed by atoms with Gasteiger partial charge in [-0.25, -0.2) is 0 Å². The average Bonchev–Trinajstić information content (AvgIpc) is 3.29. The van der Waals surface area contributed by atoms with Crippen LogP contribution >= 0.6 is 0 Å². The molecule has 5 rings (SSSR count). The Morgan fingerprint density at radius 1 is 0.886 bits per heavy atom. The van der Waals surface area contributed by atoms with Crippen LogP contribution in [-0.4, -0.2) is 62.6 Å². The van der Waals surface area contributed by atoms with E-state index in [4.69, 9.17) is 0 Å². The van der Waals surface area contributed by atoms with E-state index in [0.717, 1.165) is 28.5 Å². The van der Waals surface area contributed by atoms with Crippen LogP contribution in [0.2, 0.25) is 0 Å². The molecule has 7 heteroatoms. The van der Waals surface area contributed by atoms with Crippen LogP contribution in [-0.2, 0) is 17.8 Å². The van der Waals surface area contributed by atoms with Crippen molar-refractivity contribution in [3.05, 3.63) is 95.9 Å². The lowest BCUT2D eigenvalue weighted by Gasteiger charge is -2.25. The summed E-state index contributed by atoms with van der Waals surface area (Å²) in [6, 6.07) is 19.8. The first-order chi connectivity index (χ1) is 17.1. The van der Waals surface area contributed by atoms with Gasteiger partial charge in [-0.2, -0.15) is 5.10 Å². The maximum absolute atomic E-state index is 13.8. The smallest absolute Gasteiger partial charge is 0.254 e. The number of hydrogen-bond donors (Lipinski definition) is 0. The number of para-hydroxylation sites is 1. The van der Waals surface area contributed by atoms with Gasteiger partial charge in [-0.1, -0.05) is 42.5 Å². The standard InChI is InChI=1S/C28H29N5O2/c1-21(34)31-15-16-32(28(35)26-11-3-2-7-25(26)20-33-14-6-13-30-33)19-22(18-31)17-24-9-4-8-23-10-5-12-29-27(23)24/h2-14,22H,15-20H2,1H3/t22-/m1/s1. The van der Waals surface area contributed by atoms with E-state index in [1.807, 2.05) is 69.3 Å². The van der Waals surface area contributed by atoms with Gasteiger partial charge in [0.2, 0.25) is 5.91 Å². The number of carbonyl (C=O) groups is 2. The number of rotatable bonds is 5. The zero-order valence-electron chi connectivity index (χ0n) is 19.9. The first-order valence-corrected chi connectivity index (χ1v) is 12.0. The summed E-state index contributed by atoms with van der Waals surface area (Å²) in [5.41, 5.74) is 3.74. The van der Waals surface area contributed by atoms with Crippen LogP contribution in [0.1, 0.15) is 28.4 Å². The van der Waals surface area contributed by atoms with Crippen molar-refractivity contribution in [2.45, 2.75) is 19.9 Å².